The van der Waals surface area contributed by atoms with E-state index in [4.69, 9.17) is 5.21 Å². The van der Waals surface area contributed by atoms with Crippen molar-refractivity contribution in [2.45, 2.75) is 0 Å². The van der Waals surface area contributed by atoms with Gasteiger partial charge in [-0.05, 0) is 0 Å². The van der Waals surface area contributed by atoms with Gasteiger partial charge in [-0.2, -0.15) is 0 Å². The van der Waals surface area contributed by atoms with Crippen LogP contribution in [0, 0.1) is 0 Å². The summed E-state index contributed by atoms with van der Waals surface area (Å²) < 4.78 is 0.796. The summed E-state index contributed by atoms with van der Waals surface area (Å²) in [6, 6.07) is 0. The highest BCUT2D eigenvalue weighted by atomic mass is 127. The Bertz CT molecular complexity index is 87.4. The Balaban J connectivity index is 0. The second-order valence-electron chi connectivity index (χ2n) is 2.77. The summed E-state index contributed by atoms with van der Waals surface area (Å²) in [5.41, 5.74) is 0. The van der Waals surface area contributed by atoms with E-state index in [2.05, 4.69) is 5.16 Å². The van der Waals surface area contributed by atoms with Crippen LogP contribution in [0.25, 0.3) is 0 Å². The van der Waals surface area contributed by atoms with Crippen LogP contribution in [0.15, 0.2) is 5.16 Å². The number of quaternary nitrogens is 1. The van der Waals surface area contributed by atoms with E-state index in [1.54, 1.807) is 0 Å². The number of halogens is 1. The number of rotatable bonds is 2. The fourth-order valence-corrected chi connectivity index (χ4v) is 0.281. The molecule has 0 radical (unpaired) electrons. The smallest absolute Gasteiger partial charge is 0.117 e. The van der Waals surface area contributed by atoms with Gasteiger partial charge in [0.1, 0.15) is 6.54 Å². The minimum Gasteiger partial charge on any atom is -1.00 e. The lowest BCUT2D eigenvalue weighted by Crippen LogP contribution is -3.00. The van der Waals surface area contributed by atoms with Gasteiger partial charge in [-0.1, -0.05) is 5.16 Å². The average Bonchev–Trinajstić information content (AvgIpc) is 1.59. The fraction of sp³-hybridized carbons (Fsp3) is 0.800. The highest BCUT2D eigenvalue weighted by molar-refractivity contribution is 5.57. The zero-order valence-corrected chi connectivity index (χ0v) is 8.16. The third-order valence-corrected chi connectivity index (χ3v) is 0.711. The molecule has 0 aliphatic carbocycles. The molecule has 0 atom stereocenters. The van der Waals surface area contributed by atoms with Crippen molar-refractivity contribution in [2.75, 3.05) is 27.7 Å². The molecule has 0 rings (SSSR count). The quantitative estimate of drug-likeness (QED) is 0.183. The zero-order chi connectivity index (χ0) is 6.62. The Morgan fingerprint density at radius 2 is 1.89 bits per heavy atom. The van der Waals surface area contributed by atoms with Crippen LogP contribution >= 0.6 is 0 Å². The van der Waals surface area contributed by atoms with E-state index in [0.29, 0.717) is 0 Å². The molecular weight excluding hydrogens is 231 g/mol. The van der Waals surface area contributed by atoms with Crippen molar-refractivity contribution in [3.63, 3.8) is 0 Å². The Kier molecular flexibility index (Phi) is 6.59. The van der Waals surface area contributed by atoms with Gasteiger partial charge in [-0.3, -0.25) is 0 Å². The molecule has 0 bridgehead atoms. The predicted molar refractivity (Wildman–Crippen MR) is 33.2 cm³/mol. The molecule has 0 aliphatic rings. The predicted octanol–water partition coefficient (Wildman–Crippen LogP) is -2.84. The summed E-state index contributed by atoms with van der Waals surface area (Å²) in [5.74, 6) is 0. The standard InChI is InChI=1S/C5H12N2O.HI/c1-7(2,3)5-4-6-8;/h4H,5H2,1-3H3;1H/b6-4+;. The molecular formula is C5H13IN2O. The summed E-state index contributed by atoms with van der Waals surface area (Å²) in [6.07, 6.45) is 1.49. The van der Waals surface area contributed by atoms with Crippen LogP contribution in [0.3, 0.4) is 0 Å². The molecule has 0 aromatic rings. The van der Waals surface area contributed by atoms with E-state index in [0.717, 1.165) is 11.0 Å². The van der Waals surface area contributed by atoms with E-state index in [-0.39, 0.29) is 24.0 Å². The van der Waals surface area contributed by atoms with E-state index >= 15 is 0 Å². The molecule has 0 saturated heterocycles. The summed E-state index contributed by atoms with van der Waals surface area (Å²) in [5, 5.41) is 10.9. The lowest BCUT2D eigenvalue weighted by molar-refractivity contribution is -0.860. The van der Waals surface area contributed by atoms with Crippen LogP contribution in [-0.2, 0) is 0 Å². The maximum Gasteiger partial charge on any atom is 0.117 e. The number of nitrogens with zero attached hydrogens (tertiary/aromatic N) is 2. The monoisotopic (exact) mass is 244 g/mol. The topological polar surface area (TPSA) is 32.6 Å². The maximum atomic E-state index is 7.99. The van der Waals surface area contributed by atoms with Crippen LogP contribution in [-0.4, -0.2) is 43.6 Å². The number of oxime groups is 1. The first-order valence-corrected chi connectivity index (χ1v) is 2.52. The third kappa shape index (κ3) is 11.6. The summed E-state index contributed by atoms with van der Waals surface area (Å²) in [6.45, 7) is 0.760. The molecule has 1 N–H and O–H groups in total. The van der Waals surface area contributed by atoms with Crippen molar-refractivity contribution in [3.8, 4) is 0 Å². The van der Waals surface area contributed by atoms with Crippen molar-refractivity contribution in [1.82, 2.24) is 0 Å². The normalized spacial score (nSPS) is 11.4. The molecule has 0 aromatic heterocycles. The van der Waals surface area contributed by atoms with Gasteiger partial charge < -0.3 is 33.7 Å². The highest BCUT2D eigenvalue weighted by Gasteiger charge is 2.01. The molecule has 3 nitrogen and oxygen atoms in total. The van der Waals surface area contributed by atoms with Gasteiger partial charge in [0.25, 0.3) is 0 Å². The van der Waals surface area contributed by atoms with Gasteiger partial charge in [-0.25, -0.2) is 0 Å². The summed E-state index contributed by atoms with van der Waals surface area (Å²) >= 11 is 0. The Labute approximate surface area is 73.0 Å². The van der Waals surface area contributed by atoms with E-state index < -0.39 is 0 Å². The summed E-state index contributed by atoms with van der Waals surface area (Å²) in [7, 11) is 6.09. The first kappa shape index (κ1) is 11.9. The van der Waals surface area contributed by atoms with E-state index in [1.807, 2.05) is 21.1 Å². The molecule has 9 heavy (non-hydrogen) atoms. The minimum atomic E-state index is 0. The number of hydrogen-bond acceptors (Lipinski definition) is 2. The van der Waals surface area contributed by atoms with E-state index in [9.17, 15) is 0 Å². The van der Waals surface area contributed by atoms with Crippen molar-refractivity contribution in [3.05, 3.63) is 0 Å². The molecule has 56 valence electrons. The SMILES string of the molecule is C[N+](C)(C)C/C=N/O.[I-]. The fourth-order valence-electron chi connectivity index (χ4n) is 0.281. The van der Waals surface area contributed by atoms with Crippen LogP contribution in [0.2, 0.25) is 0 Å². The summed E-state index contributed by atoms with van der Waals surface area (Å²) in [4.78, 5) is 0. The average molecular weight is 244 g/mol. The third-order valence-electron chi connectivity index (χ3n) is 0.711. The van der Waals surface area contributed by atoms with Gasteiger partial charge in [0, 0.05) is 0 Å². The van der Waals surface area contributed by atoms with Crippen molar-refractivity contribution < 1.29 is 33.7 Å². The Hall–Kier alpha value is 0.160. The lowest BCUT2D eigenvalue weighted by atomic mass is 10.5. The van der Waals surface area contributed by atoms with Gasteiger partial charge in [0.15, 0.2) is 0 Å². The molecule has 0 heterocycles. The van der Waals surface area contributed by atoms with Crippen molar-refractivity contribution >= 4 is 6.21 Å². The second kappa shape index (κ2) is 4.99. The highest BCUT2D eigenvalue weighted by Crippen LogP contribution is 1.83. The van der Waals surface area contributed by atoms with Gasteiger partial charge >= 0.3 is 0 Å². The Morgan fingerprint density at radius 3 is 2.00 bits per heavy atom. The van der Waals surface area contributed by atoms with Crippen molar-refractivity contribution in [1.29, 1.82) is 0 Å². The molecule has 0 spiro atoms. The van der Waals surface area contributed by atoms with Gasteiger partial charge in [-0.15, -0.1) is 0 Å². The molecule has 0 saturated carbocycles. The zero-order valence-electron chi connectivity index (χ0n) is 6.00. The van der Waals surface area contributed by atoms with Crippen LogP contribution in [0.4, 0.5) is 0 Å². The van der Waals surface area contributed by atoms with Gasteiger partial charge in [0.2, 0.25) is 0 Å². The van der Waals surface area contributed by atoms with E-state index in [1.165, 1.54) is 6.21 Å². The molecule has 0 unspecified atom stereocenters. The lowest BCUT2D eigenvalue weighted by Gasteiger charge is -2.20. The molecule has 0 aromatic carbocycles. The molecule has 0 aliphatic heterocycles. The van der Waals surface area contributed by atoms with Gasteiger partial charge in [0.05, 0.1) is 27.4 Å². The number of hydrogen-bond donors (Lipinski definition) is 1. The maximum absolute atomic E-state index is 7.99. The Morgan fingerprint density at radius 1 is 1.44 bits per heavy atom. The van der Waals surface area contributed by atoms with Crippen LogP contribution < -0.4 is 24.0 Å². The molecule has 4 heteroatoms. The molecule has 0 fully saturated rings. The first-order valence-electron chi connectivity index (χ1n) is 2.52. The molecule has 0 amide bonds. The van der Waals surface area contributed by atoms with Crippen molar-refractivity contribution in [2.24, 2.45) is 5.16 Å². The minimum absolute atomic E-state index is 0. The first-order chi connectivity index (χ1) is 3.56. The largest absolute Gasteiger partial charge is 1.00 e. The second-order valence-corrected chi connectivity index (χ2v) is 2.77. The van der Waals surface area contributed by atoms with Crippen LogP contribution in [0.5, 0.6) is 0 Å². The van der Waals surface area contributed by atoms with Crippen LogP contribution in [0.1, 0.15) is 0 Å².